The SMILES string of the molecule is CCOC(=O)c1cn2cc(-c3ccc(OC)cc3)nc2s1. The second kappa shape index (κ2) is 5.57. The van der Waals surface area contributed by atoms with Crippen LogP contribution in [0, 0.1) is 0 Å². The minimum atomic E-state index is -0.306. The number of nitrogens with zero attached hydrogens (tertiary/aromatic N) is 2. The summed E-state index contributed by atoms with van der Waals surface area (Å²) in [6.07, 6.45) is 3.65. The van der Waals surface area contributed by atoms with Gasteiger partial charge in [0.2, 0.25) is 0 Å². The van der Waals surface area contributed by atoms with Gasteiger partial charge in [0.15, 0.2) is 4.96 Å². The molecular weight excluding hydrogens is 288 g/mol. The Morgan fingerprint density at radius 2 is 2.05 bits per heavy atom. The molecule has 0 fully saturated rings. The van der Waals surface area contributed by atoms with Crippen molar-refractivity contribution in [3.05, 3.63) is 41.5 Å². The van der Waals surface area contributed by atoms with Gasteiger partial charge in [-0.25, -0.2) is 9.78 Å². The van der Waals surface area contributed by atoms with Crippen molar-refractivity contribution < 1.29 is 14.3 Å². The first-order valence-electron chi connectivity index (χ1n) is 6.51. The molecule has 0 N–H and O–H groups in total. The van der Waals surface area contributed by atoms with E-state index < -0.39 is 0 Å². The Balaban J connectivity index is 1.91. The summed E-state index contributed by atoms with van der Waals surface area (Å²) in [7, 11) is 1.64. The Kier molecular flexibility index (Phi) is 3.62. The van der Waals surface area contributed by atoms with Crippen molar-refractivity contribution >= 4 is 22.3 Å². The fourth-order valence-electron chi connectivity index (χ4n) is 1.99. The van der Waals surface area contributed by atoms with Crippen LogP contribution in [0.15, 0.2) is 36.7 Å². The molecular formula is C15H14N2O3S. The van der Waals surface area contributed by atoms with E-state index in [4.69, 9.17) is 9.47 Å². The fraction of sp³-hybridized carbons (Fsp3) is 0.200. The number of carbonyl (C=O) groups excluding carboxylic acids is 1. The van der Waals surface area contributed by atoms with Crippen molar-refractivity contribution in [2.75, 3.05) is 13.7 Å². The standard InChI is InChI=1S/C15H14N2O3S/c1-3-20-14(18)13-9-17-8-12(16-15(17)21-13)10-4-6-11(19-2)7-5-10/h4-9H,3H2,1-2H3. The van der Waals surface area contributed by atoms with Gasteiger partial charge in [-0.15, -0.1) is 0 Å². The molecule has 1 aromatic carbocycles. The molecule has 3 aromatic rings. The lowest BCUT2D eigenvalue weighted by Crippen LogP contribution is -2.01. The van der Waals surface area contributed by atoms with Gasteiger partial charge >= 0.3 is 5.97 Å². The van der Waals surface area contributed by atoms with Crippen LogP contribution in [0.5, 0.6) is 5.75 Å². The second-order valence-electron chi connectivity index (χ2n) is 4.36. The number of methoxy groups -OCH3 is 1. The minimum Gasteiger partial charge on any atom is -0.497 e. The van der Waals surface area contributed by atoms with E-state index in [0.29, 0.717) is 11.5 Å². The van der Waals surface area contributed by atoms with Gasteiger partial charge in [-0.3, -0.25) is 4.40 Å². The first-order valence-corrected chi connectivity index (χ1v) is 7.33. The number of hydrogen-bond acceptors (Lipinski definition) is 5. The molecule has 21 heavy (non-hydrogen) atoms. The van der Waals surface area contributed by atoms with Crippen molar-refractivity contribution in [3.8, 4) is 17.0 Å². The van der Waals surface area contributed by atoms with Crippen molar-refractivity contribution in [2.24, 2.45) is 0 Å². The van der Waals surface area contributed by atoms with E-state index in [1.807, 2.05) is 34.9 Å². The van der Waals surface area contributed by atoms with Crippen LogP contribution in [-0.4, -0.2) is 29.1 Å². The third-order valence-corrected chi connectivity index (χ3v) is 3.99. The summed E-state index contributed by atoms with van der Waals surface area (Å²) in [5.41, 5.74) is 1.86. The zero-order chi connectivity index (χ0) is 14.8. The summed E-state index contributed by atoms with van der Waals surface area (Å²) in [4.78, 5) is 17.5. The maximum atomic E-state index is 11.7. The molecule has 2 heterocycles. The van der Waals surface area contributed by atoms with Crippen LogP contribution in [0.4, 0.5) is 0 Å². The topological polar surface area (TPSA) is 52.8 Å². The minimum absolute atomic E-state index is 0.306. The van der Waals surface area contributed by atoms with Gasteiger partial charge in [-0.05, 0) is 31.2 Å². The number of carbonyl (C=O) groups is 1. The molecule has 5 nitrogen and oxygen atoms in total. The van der Waals surface area contributed by atoms with Crippen molar-refractivity contribution in [2.45, 2.75) is 6.92 Å². The summed E-state index contributed by atoms with van der Waals surface area (Å²) in [6, 6.07) is 7.70. The molecule has 0 saturated carbocycles. The normalized spacial score (nSPS) is 10.8. The van der Waals surface area contributed by atoms with E-state index in [0.717, 1.165) is 22.0 Å². The van der Waals surface area contributed by atoms with Crippen molar-refractivity contribution in [1.29, 1.82) is 0 Å². The highest BCUT2D eigenvalue weighted by molar-refractivity contribution is 7.18. The lowest BCUT2D eigenvalue weighted by Gasteiger charge is -2.00. The summed E-state index contributed by atoms with van der Waals surface area (Å²) in [5, 5.41) is 0. The number of imidazole rings is 1. The van der Waals surface area contributed by atoms with Gasteiger partial charge in [-0.2, -0.15) is 0 Å². The summed E-state index contributed by atoms with van der Waals surface area (Å²) in [5.74, 6) is 0.503. The smallest absolute Gasteiger partial charge is 0.349 e. The van der Waals surface area contributed by atoms with E-state index in [-0.39, 0.29) is 5.97 Å². The predicted molar refractivity (Wildman–Crippen MR) is 81.0 cm³/mol. The molecule has 0 aliphatic carbocycles. The molecule has 0 unspecified atom stereocenters. The maximum Gasteiger partial charge on any atom is 0.349 e. The number of benzene rings is 1. The van der Waals surface area contributed by atoms with Gasteiger partial charge < -0.3 is 9.47 Å². The van der Waals surface area contributed by atoms with E-state index in [1.165, 1.54) is 11.3 Å². The average molecular weight is 302 g/mol. The molecule has 2 aromatic heterocycles. The Labute approximate surface area is 125 Å². The van der Waals surface area contributed by atoms with Crippen LogP contribution in [0.25, 0.3) is 16.2 Å². The average Bonchev–Trinajstić information content (AvgIpc) is 3.06. The van der Waals surface area contributed by atoms with Gasteiger partial charge in [0.25, 0.3) is 0 Å². The van der Waals surface area contributed by atoms with Crippen LogP contribution in [0.1, 0.15) is 16.6 Å². The zero-order valence-electron chi connectivity index (χ0n) is 11.7. The fourth-order valence-corrected chi connectivity index (χ4v) is 2.85. The Hall–Kier alpha value is -2.34. The number of ether oxygens (including phenoxy) is 2. The van der Waals surface area contributed by atoms with E-state index in [9.17, 15) is 4.79 Å². The lowest BCUT2D eigenvalue weighted by atomic mass is 10.2. The highest BCUT2D eigenvalue weighted by atomic mass is 32.1. The summed E-state index contributed by atoms with van der Waals surface area (Å²) >= 11 is 1.32. The highest BCUT2D eigenvalue weighted by Gasteiger charge is 2.14. The Bertz CT molecular complexity index is 742. The lowest BCUT2D eigenvalue weighted by molar-refractivity contribution is 0.0531. The molecule has 0 saturated heterocycles. The molecule has 0 aliphatic rings. The van der Waals surface area contributed by atoms with Gasteiger partial charge in [0.1, 0.15) is 10.6 Å². The summed E-state index contributed by atoms with van der Waals surface area (Å²) < 4.78 is 12.0. The predicted octanol–water partition coefficient (Wildman–Crippen LogP) is 3.25. The number of fused-ring (bicyclic) bond motifs is 1. The molecule has 0 spiro atoms. The first-order chi connectivity index (χ1) is 10.2. The molecule has 6 heteroatoms. The highest BCUT2D eigenvalue weighted by Crippen LogP contribution is 2.25. The Morgan fingerprint density at radius 3 is 2.67 bits per heavy atom. The molecule has 0 bridgehead atoms. The molecule has 0 amide bonds. The number of rotatable bonds is 4. The van der Waals surface area contributed by atoms with E-state index in [1.54, 1.807) is 20.2 Å². The van der Waals surface area contributed by atoms with Crippen LogP contribution < -0.4 is 4.74 Å². The van der Waals surface area contributed by atoms with Crippen LogP contribution in [0.2, 0.25) is 0 Å². The quantitative estimate of drug-likeness (QED) is 0.694. The van der Waals surface area contributed by atoms with Gasteiger partial charge in [-0.1, -0.05) is 11.3 Å². The third kappa shape index (κ3) is 2.62. The summed E-state index contributed by atoms with van der Waals surface area (Å²) in [6.45, 7) is 2.16. The first kappa shape index (κ1) is 13.6. The number of aromatic nitrogens is 2. The molecule has 0 atom stereocenters. The Morgan fingerprint density at radius 1 is 1.29 bits per heavy atom. The number of hydrogen-bond donors (Lipinski definition) is 0. The molecule has 3 rings (SSSR count). The van der Waals surface area contributed by atoms with Crippen molar-refractivity contribution in [3.63, 3.8) is 0 Å². The van der Waals surface area contributed by atoms with E-state index in [2.05, 4.69) is 4.98 Å². The maximum absolute atomic E-state index is 11.7. The van der Waals surface area contributed by atoms with Crippen LogP contribution in [0.3, 0.4) is 0 Å². The molecule has 0 radical (unpaired) electrons. The van der Waals surface area contributed by atoms with Crippen LogP contribution >= 0.6 is 11.3 Å². The zero-order valence-corrected chi connectivity index (χ0v) is 12.5. The monoisotopic (exact) mass is 302 g/mol. The second-order valence-corrected chi connectivity index (χ2v) is 5.37. The van der Waals surface area contributed by atoms with E-state index >= 15 is 0 Å². The largest absolute Gasteiger partial charge is 0.497 e. The van der Waals surface area contributed by atoms with Crippen molar-refractivity contribution in [1.82, 2.24) is 9.38 Å². The van der Waals surface area contributed by atoms with Gasteiger partial charge in [0, 0.05) is 18.0 Å². The molecule has 0 aliphatic heterocycles. The number of thiazole rings is 1. The molecule has 108 valence electrons. The number of esters is 1. The van der Waals surface area contributed by atoms with Gasteiger partial charge in [0.05, 0.1) is 19.4 Å². The van der Waals surface area contributed by atoms with Crippen LogP contribution in [-0.2, 0) is 4.74 Å². The third-order valence-electron chi connectivity index (χ3n) is 3.02.